The average molecular weight is 226 g/mol. The summed E-state index contributed by atoms with van der Waals surface area (Å²) in [7, 11) is 0. The van der Waals surface area contributed by atoms with Crippen molar-refractivity contribution in [2.75, 3.05) is 13.1 Å². The van der Waals surface area contributed by atoms with E-state index in [0.29, 0.717) is 11.8 Å². The van der Waals surface area contributed by atoms with Gasteiger partial charge < -0.3 is 5.32 Å². The Morgan fingerprint density at radius 3 is 2.93 bits per heavy atom. The monoisotopic (exact) mass is 225 g/mol. The summed E-state index contributed by atoms with van der Waals surface area (Å²) in [5.41, 5.74) is 1.42. The van der Waals surface area contributed by atoms with E-state index in [0.717, 1.165) is 13.1 Å². The molecule has 1 N–H and O–H groups in total. The number of benzene rings is 1. The van der Waals surface area contributed by atoms with Gasteiger partial charge in [-0.1, -0.05) is 24.6 Å². The first-order valence-electron chi connectivity index (χ1n) is 5.32. The van der Waals surface area contributed by atoms with Crippen molar-refractivity contribution in [2.45, 2.75) is 12.3 Å². The lowest BCUT2D eigenvalue weighted by atomic mass is 9.93. The molecule has 2 fully saturated rings. The number of hydrogen-bond acceptors (Lipinski definition) is 1. The molecule has 3 rings (SSSR count). The summed E-state index contributed by atoms with van der Waals surface area (Å²) in [5.74, 6) is 1.08. The van der Waals surface area contributed by atoms with Gasteiger partial charge in [0.15, 0.2) is 0 Å². The van der Waals surface area contributed by atoms with Crippen LogP contribution in [0.5, 0.6) is 0 Å². The highest BCUT2D eigenvalue weighted by molar-refractivity contribution is 6.30. The van der Waals surface area contributed by atoms with Crippen LogP contribution >= 0.6 is 11.6 Å². The largest absolute Gasteiger partial charge is 0.316 e. The Balaban J connectivity index is 2.03. The number of halogens is 2. The van der Waals surface area contributed by atoms with E-state index in [4.69, 9.17) is 11.6 Å². The molecule has 1 heterocycles. The zero-order valence-electron chi connectivity index (χ0n) is 8.56. The van der Waals surface area contributed by atoms with Crippen molar-refractivity contribution in [3.8, 4) is 0 Å². The Labute approximate surface area is 93.6 Å². The lowest BCUT2D eigenvalue weighted by molar-refractivity contribution is 0.587. The number of piperidine rings is 1. The van der Waals surface area contributed by atoms with Crippen LogP contribution in [-0.4, -0.2) is 13.1 Å². The highest BCUT2D eigenvalue weighted by atomic mass is 35.5. The molecule has 1 aliphatic heterocycles. The van der Waals surface area contributed by atoms with Gasteiger partial charge in [0.25, 0.3) is 0 Å². The molecule has 0 aromatic heterocycles. The van der Waals surface area contributed by atoms with Crippen molar-refractivity contribution < 1.29 is 4.39 Å². The highest BCUT2D eigenvalue weighted by Crippen LogP contribution is 2.61. The molecule has 0 spiro atoms. The van der Waals surface area contributed by atoms with Gasteiger partial charge >= 0.3 is 0 Å². The summed E-state index contributed by atoms with van der Waals surface area (Å²) in [4.78, 5) is 0. The Bertz CT molecular complexity index is 420. The van der Waals surface area contributed by atoms with Crippen molar-refractivity contribution in [1.82, 2.24) is 5.32 Å². The second-order valence-corrected chi connectivity index (χ2v) is 5.10. The molecule has 1 saturated heterocycles. The molecule has 0 amide bonds. The van der Waals surface area contributed by atoms with Crippen LogP contribution in [0.25, 0.3) is 0 Å². The second-order valence-electron chi connectivity index (χ2n) is 4.70. The van der Waals surface area contributed by atoms with E-state index in [2.05, 4.69) is 12.2 Å². The van der Waals surface area contributed by atoms with Crippen LogP contribution in [0.1, 0.15) is 12.5 Å². The third-order valence-electron chi connectivity index (χ3n) is 4.21. The van der Waals surface area contributed by atoms with Crippen LogP contribution in [0.4, 0.5) is 4.39 Å². The van der Waals surface area contributed by atoms with Gasteiger partial charge in [-0.2, -0.15) is 0 Å². The SMILES string of the molecule is C[C@@H]1[C@H]2CNCC12c1ccc(F)c(Cl)c1. The van der Waals surface area contributed by atoms with Gasteiger partial charge in [0.2, 0.25) is 0 Å². The quantitative estimate of drug-likeness (QED) is 0.775. The number of hydrogen-bond donors (Lipinski definition) is 1. The first-order valence-corrected chi connectivity index (χ1v) is 5.70. The van der Waals surface area contributed by atoms with Crippen LogP contribution in [-0.2, 0) is 5.41 Å². The molecule has 1 unspecified atom stereocenters. The fraction of sp³-hybridized carbons (Fsp3) is 0.500. The molecule has 1 saturated carbocycles. The van der Waals surface area contributed by atoms with Crippen LogP contribution in [0.2, 0.25) is 5.02 Å². The summed E-state index contributed by atoms with van der Waals surface area (Å²) < 4.78 is 13.1. The summed E-state index contributed by atoms with van der Waals surface area (Å²) in [5, 5.41) is 3.63. The third-order valence-corrected chi connectivity index (χ3v) is 4.50. The molecule has 80 valence electrons. The van der Waals surface area contributed by atoms with E-state index in [1.165, 1.54) is 11.6 Å². The molecule has 0 bridgehead atoms. The zero-order valence-corrected chi connectivity index (χ0v) is 9.31. The maximum Gasteiger partial charge on any atom is 0.141 e. The van der Waals surface area contributed by atoms with E-state index < -0.39 is 0 Å². The van der Waals surface area contributed by atoms with Gasteiger partial charge in [-0.3, -0.25) is 0 Å². The van der Waals surface area contributed by atoms with Gasteiger partial charge in [0, 0.05) is 12.0 Å². The van der Waals surface area contributed by atoms with E-state index in [9.17, 15) is 4.39 Å². The number of nitrogens with one attached hydrogen (secondary N) is 1. The third kappa shape index (κ3) is 1.12. The maximum absolute atomic E-state index is 13.1. The maximum atomic E-state index is 13.1. The standard InChI is InChI=1S/C12H13ClFN/c1-7-9-5-15-6-12(7,9)8-2-3-11(14)10(13)4-8/h2-4,7,9,15H,5-6H2,1H3/t7-,9-,12?/m1/s1. The van der Waals surface area contributed by atoms with E-state index in [1.54, 1.807) is 6.07 Å². The zero-order chi connectivity index (χ0) is 10.6. The molecule has 0 radical (unpaired) electrons. The van der Waals surface area contributed by atoms with Crippen molar-refractivity contribution in [2.24, 2.45) is 11.8 Å². The van der Waals surface area contributed by atoms with Crippen molar-refractivity contribution in [3.05, 3.63) is 34.6 Å². The summed E-state index contributed by atoms with van der Waals surface area (Å²) >= 11 is 5.83. The Morgan fingerprint density at radius 2 is 2.33 bits per heavy atom. The van der Waals surface area contributed by atoms with E-state index in [-0.39, 0.29) is 16.3 Å². The number of fused-ring (bicyclic) bond motifs is 1. The minimum Gasteiger partial charge on any atom is -0.316 e. The topological polar surface area (TPSA) is 12.0 Å². The highest BCUT2D eigenvalue weighted by Gasteiger charge is 2.64. The Hall–Kier alpha value is -0.600. The predicted octanol–water partition coefficient (Wildman–Crippen LogP) is 2.59. The average Bonchev–Trinajstić information content (AvgIpc) is 2.64. The van der Waals surface area contributed by atoms with Crippen LogP contribution in [0, 0.1) is 17.7 Å². The first-order chi connectivity index (χ1) is 7.16. The van der Waals surface area contributed by atoms with Crippen LogP contribution in [0.3, 0.4) is 0 Å². The van der Waals surface area contributed by atoms with Crippen molar-refractivity contribution in [1.29, 1.82) is 0 Å². The van der Waals surface area contributed by atoms with E-state index in [1.807, 2.05) is 6.07 Å². The number of rotatable bonds is 1. The molecular weight excluding hydrogens is 213 g/mol. The Morgan fingerprint density at radius 1 is 1.53 bits per heavy atom. The van der Waals surface area contributed by atoms with Gasteiger partial charge in [0.05, 0.1) is 5.02 Å². The smallest absolute Gasteiger partial charge is 0.141 e. The normalized spacial score (nSPS) is 37.8. The molecule has 3 heteroatoms. The molecule has 2 aliphatic rings. The van der Waals surface area contributed by atoms with Gasteiger partial charge in [0.1, 0.15) is 5.82 Å². The fourth-order valence-corrected chi connectivity index (χ4v) is 3.36. The van der Waals surface area contributed by atoms with E-state index >= 15 is 0 Å². The first kappa shape index (κ1) is 9.61. The molecule has 1 aromatic carbocycles. The summed E-state index contributed by atoms with van der Waals surface area (Å²) in [6, 6.07) is 5.15. The van der Waals surface area contributed by atoms with Crippen LogP contribution in [0.15, 0.2) is 18.2 Å². The molecule has 1 aromatic rings. The van der Waals surface area contributed by atoms with Crippen molar-refractivity contribution >= 4 is 11.6 Å². The molecule has 1 nitrogen and oxygen atoms in total. The molecule has 15 heavy (non-hydrogen) atoms. The predicted molar refractivity (Wildman–Crippen MR) is 58.6 cm³/mol. The van der Waals surface area contributed by atoms with Crippen LogP contribution < -0.4 is 5.32 Å². The lowest BCUT2D eigenvalue weighted by Gasteiger charge is -2.14. The Kier molecular flexibility index (Phi) is 1.89. The minimum absolute atomic E-state index is 0.233. The lowest BCUT2D eigenvalue weighted by Crippen LogP contribution is -2.22. The van der Waals surface area contributed by atoms with Gasteiger partial charge in [-0.25, -0.2) is 4.39 Å². The van der Waals surface area contributed by atoms with Gasteiger partial charge in [-0.15, -0.1) is 0 Å². The fourth-order valence-electron chi connectivity index (χ4n) is 3.18. The van der Waals surface area contributed by atoms with Crippen molar-refractivity contribution in [3.63, 3.8) is 0 Å². The minimum atomic E-state index is -0.326. The summed E-state index contributed by atoms with van der Waals surface area (Å²) in [6.45, 7) is 4.35. The molecule has 3 atom stereocenters. The summed E-state index contributed by atoms with van der Waals surface area (Å²) in [6.07, 6.45) is 0. The molecular formula is C12H13ClFN. The molecule has 1 aliphatic carbocycles. The van der Waals surface area contributed by atoms with Gasteiger partial charge in [-0.05, 0) is 36.1 Å². The second kappa shape index (κ2) is 2.96.